The van der Waals surface area contributed by atoms with Crippen molar-refractivity contribution in [1.29, 1.82) is 0 Å². The lowest BCUT2D eigenvalue weighted by atomic mass is 10.1. The highest BCUT2D eigenvalue weighted by atomic mass is 19.1. The highest BCUT2D eigenvalue weighted by molar-refractivity contribution is 5.70. The molecule has 5 N–H and O–H groups in total. The van der Waals surface area contributed by atoms with E-state index in [0.29, 0.717) is 0 Å². The number of nitrogens with zero attached hydrogens (tertiary/aromatic N) is 3. The molecule has 4 atom stereocenters. The maximum absolute atomic E-state index is 14.2. The number of nitrogen functional groups attached to an aromatic ring is 1. The molecule has 20 heavy (non-hydrogen) atoms. The summed E-state index contributed by atoms with van der Waals surface area (Å²) in [6, 6.07) is -0.735. The number of aliphatic hydroxyl groups excluding tert-OH is 2. The van der Waals surface area contributed by atoms with Crippen LogP contribution in [0.5, 0.6) is 0 Å². The van der Waals surface area contributed by atoms with Crippen molar-refractivity contribution < 1.29 is 14.6 Å². The number of aromatic amines is 1. The number of fused-ring (bicyclic) bond motifs is 1. The molecular weight excluding hydrogens is 269 g/mol. The molecule has 4 unspecified atom stereocenters. The Morgan fingerprint density at radius 2 is 2.35 bits per heavy atom. The molecule has 0 aromatic carbocycles. The molecule has 0 amide bonds. The summed E-state index contributed by atoms with van der Waals surface area (Å²) < 4.78 is 15.5. The van der Waals surface area contributed by atoms with Gasteiger partial charge in [0.2, 0.25) is 5.95 Å². The van der Waals surface area contributed by atoms with Gasteiger partial charge in [0, 0.05) is 12.5 Å². The van der Waals surface area contributed by atoms with E-state index in [9.17, 15) is 14.3 Å². The Hall–Kier alpha value is -2.00. The van der Waals surface area contributed by atoms with Gasteiger partial charge in [-0.15, -0.1) is 0 Å². The minimum Gasteiger partial charge on any atom is -0.396 e. The molecule has 0 bridgehead atoms. The summed E-state index contributed by atoms with van der Waals surface area (Å²) in [5.41, 5.74) is 5.21. The summed E-state index contributed by atoms with van der Waals surface area (Å²) in [4.78, 5) is 21.8. The number of aliphatic hydroxyl groups is 2. The van der Waals surface area contributed by atoms with Gasteiger partial charge in [0.25, 0.3) is 5.56 Å². The van der Waals surface area contributed by atoms with E-state index in [1.54, 1.807) is 0 Å². The lowest BCUT2D eigenvalue weighted by Gasteiger charge is -2.16. The van der Waals surface area contributed by atoms with E-state index in [1.165, 1.54) is 10.9 Å². The summed E-state index contributed by atoms with van der Waals surface area (Å²) in [5, 5.41) is 18.9. The van der Waals surface area contributed by atoms with Crippen LogP contribution in [-0.2, 0) is 0 Å². The van der Waals surface area contributed by atoms with Crippen LogP contribution < -0.4 is 11.3 Å². The van der Waals surface area contributed by atoms with Gasteiger partial charge in [-0.3, -0.25) is 9.78 Å². The predicted molar refractivity (Wildman–Crippen MR) is 67.7 cm³/mol. The highest BCUT2D eigenvalue weighted by Gasteiger charge is 2.44. The summed E-state index contributed by atoms with van der Waals surface area (Å²) in [5.74, 6) is -0.635. The Bertz CT molecular complexity index is 699. The molecule has 2 heterocycles. The summed E-state index contributed by atoms with van der Waals surface area (Å²) >= 11 is 0. The number of hydrogen-bond donors (Lipinski definition) is 4. The molecule has 1 saturated carbocycles. The van der Waals surface area contributed by atoms with Crippen LogP contribution in [0.4, 0.5) is 10.3 Å². The first-order valence-electron chi connectivity index (χ1n) is 6.18. The summed E-state index contributed by atoms with van der Waals surface area (Å²) in [6.07, 6.45) is -1.27. The minimum atomic E-state index is -1.56. The zero-order valence-corrected chi connectivity index (χ0v) is 10.4. The number of aromatic nitrogens is 4. The Balaban J connectivity index is 2.09. The Labute approximate surface area is 112 Å². The average molecular weight is 283 g/mol. The van der Waals surface area contributed by atoms with Crippen molar-refractivity contribution >= 4 is 17.1 Å². The van der Waals surface area contributed by atoms with E-state index >= 15 is 0 Å². The number of H-pyrrole nitrogens is 1. The van der Waals surface area contributed by atoms with Crippen LogP contribution >= 0.6 is 0 Å². The van der Waals surface area contributed by atoms with Crippen LogP contribution in [0.2, 0.25) is 0 Å². The number of halogens is 1. The van der Waals surface area contributed by atoms with Crippen molar-refractivity contribution in [2.24, 2.45) is 5.92 Å². The van der Waals surface area contributed by atoms with Crippen LogP contribution in [0, 0.1) is 5.92 Å². The van der Waals surface area contributed by atoms with Gasteiger partial charge in [0.15, 0.2) is 11.2 Å². The van der Waals surface area contributed by atoms with Gasteiger partial charge in [-0.2, -0.15) is 4.98 Å². The first-order valence-corrected chi connectivity index (χ1v) is 6.18. The molecule has 8 nitrogen and oxygen atoms in total. The number of anilines is 1. The number of nitrogens with two attached hydrogens (primary N) is 1. The van der Waals surface area contributed by atoms with E-state index in [2.05, 4.69) is 15.0 Å². The standard InChI is InChI=1S/C11H14FN5O3/c12-6-5(1-4(2-18)8(6)19)17-3-14-7-9(17)15-11(13)16-10(7)20/h3-6,8,18-19H,1-2H2,(H3,13,15,16,20). The molecule has 2 aromatic heterocycles. The predicted octanol–water partition coefficient (Wildman–Crippen LogP) is -1.05. The largest absolute Gasteiger partial charge is 0.396 e. The van der Waals surface area contributed by atoms with E-state index in [-0.39, 0.29) is 30.1 Å². The zero-order valence-electron chi connectivity index (χ0n) is 10.4. The van der Waals surface area contributed by atoms with Crippen LogP contribution in [0.15, 0.2) is 11.1 Å². The summed E-state index contributed by atoms with van der Waals surface area (Å²) in [7, 11) is 0. The SMILES string of the molecule is Nc1nc2c(ncn2C2CC(CO)C(O)C2F)c(=O)[nH]1. The smallest absolute Gasteiger partial charge is 0.280 e. The van der Waals surface area contributed by atoms with Gasteiger partial charge in [-0.25, -0.2) is 9.37 Å². The van der Waals surface area contributed by atoms with Gasteiger partial charge in [-0.05, 0) is 6.42 Å². The molecular formula is C11H14FN5O3. The van der Waals surface area contributed by atoms with Crippen molar-refractivity contribution in [3.63, 3.8) is 0 Å². The Kier molecular flexibility index (Phi) is 2.94. The highest BCUT2D eigenvalue weighted by Crippen LogP contribution is 2.38. The van der Waals surface area contributed by atoms with Gasteiger partial charge in [0.05, 0.1) is 18.5 Å². The third kappa shape index (κ3) is 1.78. The fourth-order valence-electron chi connectivity index (χ4n) is 2.70. The van der Waals surface area contributed by atoms with Gasteiger partial charge < -0.3 is 20.5 Å². The first-order chi connectivity index (χ1) is 9.52. The molecule has 9 heteroatoms. The molecule has 0 aliphatic heterocycles. The van der Waals surface area contributed by atoms with Crippen LogP contribution in [-0.4, -0.2) is 48.6 Å². The van der Waals surface area contributed by atoms with Gasteiger partial charge in [0.1, 0.15) is 6.17 Å². The number of hydrogen-bond acceptors (Lipinski definition) is 6. The second-order valence-electron chi connectivity index (χ2n) is 4.96. The molecule has 0 saturated heterocycles. The van der Waals surface area contributed by atoms with Crippen molar-refractivity contribution in [1.82, 2.24) is 19.5 Å². The second-order valence-corrected chi connectivity index (χ2v) is 4.96. The Morgan fingerprint density at radius 1 is 1.60 bits per heavy atom. The second kappa shape index (κ2) is 4.53. The maximum atomic E-state index is 14.2. The fourth-order valence-corrected chi connectivity index (χ4v) is 2.70. The molecule has 3 rings (SSSR count). The monoisotopic (exact) mass is 283 g/mol. The third-order valence-electron chi connectivity index (χ3n) is 3.76. The van der Waals surface area contributed by atoms with E-state index < -0.39 is 29.8 Å². The van der Waals surface area contributed by atoms with E-state index in [1.807, 2.05) is 0 Å². The molecule has 0 radical (unpaired) electrons. The van der Waals surface area contributed by atoms with E-state index in [0.717, 1.165) is 0 Å². The van der Waals surface area contributed by atoms with Crippen molar-refractivity contribution in [3.05, 3.63) is 16.7 Å². The fraction of sp³-hybridized carbons (Fsp3) is 0.545. The normalized spacial score (nSPS) is 30.1. The van der Waals surface area contributed by atoms with Crippen LogP contribution in [0.25, 0.3) is 11.2 Å². The van der Waals surface area contributed by atoms with Gasteiger partial charge in [-0.1, -0.05) is 0 Å². The lowest BCUT2D eigenvalue weighted by molar-refractivity contribution is 0.0400. The minimum absolute atomic E-state index is 0.0633. The number of nitrogens with one attached hydrogen (secondary N) is 1. The topological polar surface area (TPSA) is 130 Å². The first kappa shape index (κ1) is 13.0. The van der Waals surface area contributed by atoms with E-state index in [4.69, 9.17) is 10.8 Å². The third-order valence-corrected chi connectivity index (χ3v) is 3.76. The van der Waals surface area contributed by atoms with Crippen molar-refractivity contribution in [2.75, 3.05) is 12.3 Å². The molecule has 1 aliphatic rings. The van der Waals surface area contributed by atoms with Gasteiger partial charge >= 0.3 is 0 Å². The summed E-state index contributed by atoms with van der Waals surface area (Å²) in [6.45, 7) is -0.305. The molecule has 1 aliphatic carbocycles. The number of rotatable bonds is 2. The number of alkyl halides is 1. The zero-order chi connectivity index (χ0) is 14.4. The van der Waals surface area contributed by atoms with Crippen molar-refractivity contribution in [3.8, 4) is 0 Å². The van der Waals surface area contributed by atoms with Crippen molar-refractivity contribution in [2.45, 2.75) is 24.7 Å². The quantitative estimate of drug-likeness (QED) is 0.556. The lowest BCUT2D eigenvalue weighted by Crippen LogP contribution is -2.27. The van der Waals surface area contributed by atoms with Crippen LogP contribution in [0.3, 0.4) is 0 Å². The number of imidazole rings is 1. The maximum Gasteiger partial charge on any atom is 0.280 e. The molecule has 1 fully saturated rings. The van der Waals surface area contributed by atoms with Crippen LogP contribution in [0.1, 0.15) is 12.5 Å². The average Bonchev–Trinajstić information content (AvgIpc) is 2.93. The molecule has 108 valence electrons. The Morgan fingerprint density at radius 3 is 3.00 bits per heavy atom. The molecule has 2 aromatic rings. The molecule has 0 spiro atoms.